The van der Waals surface area contributed by atoms with Crippen LogP contribution >= 0.6 is 7.14 Å². The van der Waals surface area contributed by atoms with Gasteiger partial charge in [-0.05, 0) is 99.5 Å². The molecule has 0 amide bonds. The van der Waals surface area contributed by atoms with E-state index in [1.165, 1.54) is 93.5 Å². The highest BCUT2D eigenvalue weighted by atomic mass is 31.2. The zero-order valence-corrected chi connectivity index (χ0v) is 26.7. The molecule has 0 unspecified atom stereocenters. The molecule has 2 saturated carbocycles. The van der Waals surface area contributed by atoms with Crippen molar-refractivity contribution < 1.29 is 4.57 Å². The Labute approximate surface area is 262 Å². The third kappa shape index (κ3) is 4.80. The van der Waals surface area contributed by atoms with Crippen molar-refractivity contribution in [1.29, 1.82) is 0 Å². The second-order valence-electron chi connectivity index (χ2n) is 13.5. The Morgan fingerprint density at radius 3 is 1.84 bits per heavy atom. The van der Waals surface area contributed by atoms with Crippen molar-refractivity contribution in [3.63, 3.8) is 0 Å². The Kier molecular flexibility index (Phi) is 7.55. The molecule has 5 aromatic rings. The van der Waals surface area contributed by atoms with Crippen LogP contribution in [0.25, 0.3) is 49.9 Å². The summed E-state index contributed by atoms with van der Waals surface area (Å²) in [6.07, 6.45) is 19.0. The maximum atomic E-state index is 15.3. The van der Waals surface area contributed by atoms with Crippen LogP contribution in [-0.2, 0) is 11.0 Å². The molecule has 0 saturated heterocycles. The first-order valence-corrected chi connectivity index (χ1v) is 19.0. The lowest BCUT2D eigenvalue weighted by Gasteiger charge is -2.38. The van der Waals surface area contributed by atoms with E-state index in [0.717, 1.165) is 43.8 Å². The predicted molar refractivity (Wildman–Crippen MR) is 191 cm³/mol. The fourth-order valence-electron chi connectivity index (χ4n) is 8.88. The van der Waals surface area contributed by atoms with Crippen molar-refractivity contribution in [2.45, 2.75) is 88.4 Å². The van der Waals surface area contributed by atoms with Crippen LogP contribution in [0.3, 0.4) is 0 Å². The number of fused-ring (bicyclic) bond motifs is 3. The quantitative estimate of drug-likeness (QED) is 0.185. The maximum absolute atomic E-state index is 15.3. The summed E-state index contributed by atoms with van der Waals surface area (Å²) in [5.41, 5.74) is 8.82. The molecule has 0 N–H and O–H groups in total. The van der Waals surface area contributed by atoms with E-state index >= 15 is 4.57 Å². The molecule has 5 aromatic carbocycles. The van der Waals surface area contributed by atoms with Crippen LogP contribution in [0.5, 0.6) is 0 Å². The Morgan fingerprint density at radius 2 is 1.16 bits per heavy atom. The summed E-state index contributed by atoms with van der Waals surface area (Å²) in [7, 11) is -2.48. The first-order valence-electron chi connectivity index (χ1n) is 17.2. The number of hydrogen-bond acceptors (Lipinski definition) is 1. The third-order valence-corrected chi connectivity index (χ3v) is 15.3. The zero-order valence-electron chi connectivity index (χ0n) is 25.8. The molecule has 0 heterocycles. The van der Waals surface area contributed by atoms with E-state index in [4.69, 9.17) is 0 Å². The molecule has 44 heavy (non-hydrogen) atoms. The highest BCUT2D eigenvalue weighted by Gasteiger charge is 2.42. The molecule has 0 aromatic heterocycles. The van der Waals surface area contributed by atoms with Gasteiger partial charge in [0.25, 0.3) is 0 Å². The summed E-state index contributed by atoms with van der Waals surface area (Å²) in [4.78, 5) is 0. The Bertz CT molecular complexity index is 1880. The lowest BCUT2D eigenvalue weighted by Crippen LogP contribution is -2.29. The van der Waals surface area contributed by atoms with Crippen LogP contribution in [0.2, 0.25) is 0 Å². The molecule has 2 fully saturated rings. The van der Waals surface area contributed by atoms with Crippen LogP contribution in [0, 0.1) is 0 Å². The number of hydrogen-bond donors (Lipinski definition) is 0. The van der Waals surface area contributed by atoms with E-state index in [-0.39, 0.29) is 0 Å². The number of benzene rings is 5. The minimum atomic E-state index is -2.48. The lowest BCUT2D eigenvalue weighted by molar-refractivity contribution is 0.453. The molecule has 0 spiro atoms. The van der Waals surface area contributed by atoms with Gasteiger partial charge in [0.2, 0.25) is 0 Å². The van der Waals surface area contributed by atoms with Crippen molar-refractivity contribution in [1.82, 2.24) is 0 Å². The van der Waals surface area contributed by atoms with Crippen molar-refractivity contribution in [3.8, 4) is 22.3 Å². The van der Waals surface area contributed by atoms with Crippen LogP contribution < -0.4 is 5.30 Å². The van der Waals surface area contributed by atoms with Crippen molar-refractivity contribution >= 4 is 40.1 Å². The van der Waals surface area contributed by atoms with Crippen molar-refractivity contribution in [2.24, 2.45) is 0 Å². The number of rotatable bonds is 5. The summed E-state index contributed by atoms with van der Waals surface area (Å²) in [5, 5.41) is 6.34. The second kappa shape index (κ2) is 11.8. The number of allylic oxidation sites excluding steroid dienone is 1. The monoisotopic (exact) mass is 594 g/mol. The van der Waals surface area contributed by atoms with Crippen LogP contribution in [-0.4, -0.2) is 11.3 Å². The molecule has 222 valence electrons. The maximum Gasteiger partial charge on any atom is 0.121 e. The van der Waals surface area contributed by atoms with E-state index in [9.17, 15) is 0 Å². The minimum absolute atomic E-state index is 0.380. The topological polar surface area (TPSA) is 17.1 Å². The molecule has 3 aliphatic rings. The van der Waals surface area contributed by atoms with Gasteiger partial charge < -0.3 is 4.57 Å². The highest BCUT2D eigenvalue weighted by molar-refractivity contribution is 7.73. The van der Waals surface area contributed by atoms with Gasteiger partial charge in [-0.1, -0.05) is 136 Å². The Morgan fingerprint density at radius 1 is 0.568 bits per heavy atom. The first kappa shape index (κ1) is 28.1. The summed E-state index contributed by atoms with van der Waals surface area (Å²) in [6, 6.07) is 33.8. The SMILES string of the molecule is O=P(c1ccc(-c2c3c(c(-c4ccc5ccccc5c4)c4ccccc24)C=CCC3)cc1)(C1CCCCC1)C1CCCCC1. The largest absolute Gasteiger partial charge is 0.318 e. The average Bonchev–Trinajstić information content (AvgIpc) is 3.11. The molecule has 1 nitrogen and oxygen atoms in total. The van der Waals surface area contributed by atoms with Gasteiger partial charge in [-0.3, -0.25) is 0 Å². The van der Waals surface area contributed by atoms with E-state index in [0.29, 0.717) is 11.3 Å². The van der Waals surface area contributed by atoms with Gasteiger partial charge in [0, 0.05) is 16.6 Å². The second-order valence-corrected chi connectivity index (χ2v) is 16.9. The van der Waals surface area contributed by atoms with Crippen LogP contribution in [0.1, 0.15) is 81.8 Å². The van der Waals surface area contributed by atoms with Gasteiger partial charge in [-0.2, -0.15) is 0 Å². The van der Waals surface area contributed by atoms with Crippen LogP contribution in [0.4, 0.5) is 0 Å². The Hall–Kier alpha value is -3.41. The smallest absolute Gasteiger partial charge is 0.121 e. The Balaban J connectivity index is 1.28. The molecule has 0 atom stereocenters. The molecular weight excluding hydrogens is 551 g/mol. The van der Waals surface area contributed by atoms with Crippen molar-refractivity contribution in [2.75, 3.05) is 0 Å². The minimum Gasteiger partial charge on any atom is -0.318 e. The van der Waals surface area contributed by atoms with E-state index in [1.54, 1.807) is 0 Å². The zero-order chi connectivity index (χ0) is 29.5. The average molecular weight is 595 g/mol. The van der Waals surface area contributed by atoms with E-state index < -0.39 is 7.14 Å². The molecule has 0 radical (unpaired) electrons. The first-order chi connectivity index (χ1) is 21.7. The third-order valence-electron chi connectivity index (χ3n) is 11.0. The fourth-order valence-corrected chi connectivity index (χ4v) is 13.2. The van der Waals surface area contributed by atoms with E-state index in [1.807, 2.05) is 0 Å². The van der Waals surface area contributed by atoms with E-state index in [2.05, 4.69) is 103 Å². The summed E-state index contributed by atoms with van der Waals surface area (Å²) < 4.78 is 15.3. The predicted octanol–water partition coefficient (Wildman–Crippen LogP) is 11.9. The van der Waals surface area contributed by atoms with Gasteiger partial charge in [0.05, 0.1) is 0 Å². The van der Waals surface area contributed by atoms with Crippen molar-refractivity contribution in [3.05, 3.63) is 108 Å². The van der Waals surface area contributed by atoms with Crippen LogP contribution in [0.15, 0.2) is 97.1 Å². The molecule has 0 bridgehead atoms. The van der Waals surface area contributed by atoms with Gasteiger partial charge in [-0.25, -0.2) is 0 Å². The molecule has 3 aliphatic carbocycles. The lowest BCUT2D eigenvalue weighted by atomic mass is 9.80. The summed E-state index contributed by atoms with van der Waals surface area (Å²) in [6.45, 7) is 0. The fraction of sp³-hybridized carbons (Fsp3) is 0.333. The van der Waals surface area contributed by atoms with Gasteiger partial charge in [0.1, 0.15) is 7.14 Å². The van der Waals surface area contributed by atoms with Gasteiger partial charge in [0.15, 0.2) is 0 Å². The molecular formula is C42H43OP. The molecule has 2 heteroatoms. The highest BCUT2D eigenvalue weighted by Crippen LogP contribution is 2.62. The van der Waals surface area contributed by atoms with Gasteiger partial charge >= 0.3 is 0 Å². The van der Waals surface area contributed by atoms with Gasteiger partial charge in [-0.15, -0.1) is 0 Å². The normalized spacial score (nSPS) is 18.1. The molecule has 8 rings (SSSR count). The standard InChI is InChI=1S/C42H43OP/c43-44(34-15-3-1-4-16-34,35-17-5-2-6-18-35)36-27-25-31(26-28-36)41-37-19-9-11-21-39(37)42(40-22-12-10-20-38(40)41)33-24-23-30-13-7-8-14-32(30)29-33/h7-9,11-14,19,21-29,34-35H,1-6,10,15-18,20H2. The summed E-state index contributed by atoms with van der Waals surface area (Å²) in [5.74, 6) is 0. The molecule has 0 aliphatic heterocycles. The summed E-state index contributed by atoms with van der Waals surface area (Å²) >= 11 is 0.